The van der Waals surface area contributed by atoms with Gasteiger partial charge in [0.15, 0.2) is 5.82 Å². The number of anilines is 2. The molecule has 0 aliphatic carbocycles. The Bertz CT molecular complexity index is 665. The van der Waals surface area contributed by atoms with Crippen LogP contribution in [0.3, 0.4) is 0 Å². The molecule has 1 aliphatic heterocycles. The number of nitrogens with one attached hydrogen (secondary N) is 1. The maximum Gasteiger partial charge on any atom is 0.161 e. The highest BCUT2D eigenvalue weighted by Gasteiger charge is 2.20. The summed E-state index contributed by atoms with van der Waals surface area (Å²) < 4.78 is 5.74. The summed E-state index contributed by atoms with van der Waals surface area (Å²) in [6.45, 7) is 1.89. The first-order valence-corrected chi connectivity index (χ1v) is 7.23. The van der Waals surface area contributed by atoms with Crippen molar-refractivity contribution in [1.29, 1.82) is 0 Å². The Morgan fingerprint density at radius 1 is 1.24 bits per heavy atom. The molecule has 3 rings (SSSR count). The van der Waals surface area contributed by atoms with Crippen molar-refractivity contribution in [2.45, 2.75) is 6.54 Å². The maximum absolute atomic E-state index is 6.27. The third-order valence-electron chi connectivity index (χ3n) is 3.30. The van der Waals surface area contributed by atoms with Crippen LogP contribution in [0.4, 0.5) is 11.6 Å². The third kappa shape index (κ3) is 2.85. The number of benzene rings is 1. The van der Waals surface area contributed by atoms with E-state index in [1.807, 2.05) is 29.2 Å². The number of hydrazine groups is 1. The fourth-order valence-corrected chi connectivity index (χ4v) is 2.82. The molecule has 1 aliphatic rings. The Hall–Kier alpha value is -1.69. The number of nitrogens with two attached hydrogens (primary N) is 1. The molecule has 0 fully saturated rings. The van der Waals surface area contributed by atoms with E-state index >= 15 is 0 Å². The Kier molecular flexibility index (Phi) is 4.05. The average Bonchev–Trinajstić information content (AvgIpc) is 2.69. The van der Waals surface area contributed by atoms with Gasteiger partial charge in [-0.25, -0.2) is 10.8 Å². The van der Waals surface area contributed by atoms with Crippen LogP contribution in [0.1, 0.15) is 5.56 Å². The zero-order valence-corrected chi connectivity index (χ0v) is 12.7. The lowest BCUT2D eigenvalue weighted by molar-refractivity contribution is 0.331. The zero-order valence-electron chi connectivity index (χ0n) is 11.1. The Morgan fingerprint density at radius 2 is 2.05 bits per heavy atom. The minimum Gasteiger partial charge on any atom is -0.491 e. The zero-order chi connectivity index (χ0) is 14.8. The van der Waals surface area contributed by atoms with Gasteiger partial charge in [-0.15, -0.1) is 0 Å². The molecule has 0 radical (unpaired) electrons. The predicted molar refractivity (Wildman–Crippen MR) is 85.1 cm³/mol. The molecule has 2 aromatic rings. The van der Waals surface area contributed by atoms with Crippen LogP contribution >= 0.6 is 23.2 Å². The van der Waals surface area contributed by atoms with Gasteiger partial charge in [0.25, 0.3) is 0 Å². The van der Waals surface area contributed by atoms with Gasteiger partial charge in [-0.1, -0.05) is 41.4 Å². The standard InChI is InChI=1S/C14H14Cl2N4O/c15-10-7-11(16)14(18-13(10)19-17)20-5-6-21-12-4-2-1-3-9(12)8-20/h1-4,7H,5-6,8,17H2,(H,18,19). The van der Waals surface area contributed by atoms with Crippen LogP contribution in [-0.2, 0) is 6.54 Å². The van der Waals surface area contributed by atoms with Gasteiger partial charge >= 0.3 is 0 Å². The van der Waals surface area contributed by atoms with Gasteiger partial charge in [-0.05, 0) is 12.1 Å². The van der Waals surface area contributed by atoms with Crippen LogP contribution in [0.2, 0.25) is 10.0 Å². The number of hydrogen-bond acceptors (Lipinski definition) is 5. The first kappa shape index (κ1) is 14.3. The second-order valence-corrected chi connectivity index (χ2v) is 5.46. The van der Waals surface area contributed by atoms with Crippen molar-refractivity contribution >= 4 is 34.8 Å². The first-order valence-electron chi connectivity index (χ1n) is 6.47. The van der Waals surface area contributed by atoms with Gasteiger partial charge in [0.05, 0.1) is 16.6 Å². The van der Waals surface area contributed by atoms with Gasteiger partial charge < -0.3 is 15.1 Å². The van der Waals surface area contributed by atoms with Crippen molar-refractivity contribution in [3.63, 3.8) is 0 Å². The molecule has 0 unspecified atom stereocenters. The fourth-order valence-electron chi connectivity index (χ4n) is 2.29. The van der Waals surface area contributed by atoms with Crippen LogP contribution in [0, 0.1) is 0 Å². The number of para-hydroxylation sites is 1. The van der Waals surface area contributed by atoms with Crippen LogP contribution in [0.15, 0.2) is 30.3 Å². The molecule has 3 N–H and O–H groups in total. The quantitative estimate of drug-likeness (QED) is 0.656. The minimum absolute atomic E-state index is 0.387. The second kappa shape index (κ2) is 5.97. The summed E-state index contributed by atoms with van der Waals surface area (Å²) in [6, 6.07) is 9.56. The lowest BCUT2D eigenvalue weighted by Crippen LogP contribution is -2.27. The molecule has 1 aromatic heterocycles. The van der Waals surface area contributed by atoms with Crippen molar-refractivity contribution in [3.8, 4) is 5.75 Å². The lowest BCUT2D eigenvalue weighted by Gasteiger charge is -2.23. The van der Waals surface area contributed by atoms with Crippen LogP contribution < -0.4 is 20.9 Å². The molecule has 0 bridgehead atoms. The number of hydrogen-bond donors (Lipinski definition) is 2. The molecule has 5 nitrogen and oxygen atoms in total. The van der Waals surface area contributed by atoms with E-state index in [1.54, 1.807) is 6.07 Å². The summed E-state index contributed by atoms with van der Waals surface area (Å²) in [5.74, 6) is 7.35. The number of pyridine rings is 1. The maximum atomic E-state index is 6.27. The second-order valence-electron chi connectivity index (χ2n) is 4.65. The van der Waals surface area contributed by atoms with Gasteiger partial charge in [0.2, 0.25) is 0 Å². The molecule has 0 amide bonds. The molecule has 0 atom stereocenters. The fraction of sp³-hybridized carbons (Fsp3) is 0.214. The molecular formula is C14H14Cl2N4O. The highest BCUT2D eigenvalue weighted by atomic mass is 35.5. The SMILES string of the molecule is NNc1nc(N2CCOc3ccccc3C2)c(Cl)cc1Cl. The Balaban J connectivity index is 1.97. The van der Waals surface area contributed by atoms with Gasteiger partial charge in [-0.2, -0.15) is 0 Å². The summed E-state index contributed by atoms with van der Waals surface area (Å²) in [7, 11) is 0. The molecule has 21 heavy (non-hydrogen) atoms. The number of ether oxygens (including phenoxy) is 1. The lowest BCUT2D eigenvalue weighted by atomic mass is 10.2. The highest BCUT2D eigenvalue weighted by molar-refractivity contribution is 6.37. The molecule has 1 aromatic carbocycles. The van der Waals surface area contributed by atoms with E-state index in [1.165, 1.54) is 0 Å². The van der Waals surface area contributed by atoms with Crippen molar-refractivity contribution in [1.82, 2.24) is 4.98 Å². The van der Waals surface area contributed by atoms with Gasteiger partial charge in [0.1, 0.15) is 18.2 Å². The topological polar surface area (TPSA) is 63.4 Å². The van der Waals surface area contributed by atoms with Crippen molar-refractivity contribution in [3.05, 3.63) is 45.9 Å². The van der Waals surface area contributed by atoms with E-state index in [0.717, 1.165) is 11.3 Å². The van der Waals surface area contributed by atoms with E-state index in [4.69, 9.17) is 33.8 Å². The number of rotatable bonds is 2. The van der Waals surface area contributed by atoms with Gasteiger partial charge in [0, 0.05) is 12.1 Å². The van der Waals surface area contributed by atoms with Gasteiger partial charge in [-0.3, -0.25) is 0 Å². The monoisotopic (exact) mass is 324 g/mol. The largest absolute Gasteiger partial charge is 0.491 e. The molecule has 7 heteroatoms. The van der Waals surface area contributed by atoms with Crippen LogP contribution in [0.25, 0.3) is 0 Å². The predicted octanol–water partition coefficient (Wildman–Crippen LogP) is 3.07. The van der Waals surface area contributed by atoms with Crippen LogP contribution in [-0.4, -0.2) is 18.1 Å². The molecule has 0 saturated heterocycles. The van der Waals surface area contributed by atoms with E-state index in [2.05, 4.69) is 10.4 Å². The molecule has 0 spiro atoms. The summed E-state index contributed by atoms with van der Waals surface area (Å²) in [6.07, 6.45) is 0. The van der Waals surface area contributed by atoms with Crippen LogP contribution in [0.5, 0.6) is 5.75 Å². The molecule has 110 valence electrons. The Morgan fingerprint density at radius 3 is 2.86 bits per heavy atom. The summed E-state index contributed by atoms with van der Waals surface area (Å²) in [5, 5.41) is 0.871. The van der Waals surface area contributed by atoms with E-state index in [0.29, 0.717) is 41.4 Å². The number of halogens is 2. The number of nitrogens with zero attached hydrogens (tertiary/aromatic N) is 2. The third-order valence-corrected chi connectivity index (χ3v) is 3.87. The number of aromatic nitrogens is 1. The molecular weight excluding hydrogens is 311 g/mol. The van der Waals surface area contributed by atoms with Crippen molar-refractivity contribution in [2.75, 3.05) is 23.5 Å². The Labute approximate surface area is 132 Å². The van der Waals surface area contributed by atoms with Crippen molar-refractivity contribution in [2.24, 2.45) is 5.84 Å². The number of nitrogen functional groups attached to an aromatic ring is 1. The van der Waals surface area contributed by atoms with Crippen molar-refractivity contribution < 1.29 is 4.74 Å². The normalized spacial score (nSPS) is 14.1. The van der Waals surface area contributed by atoms with E-state index in [9.17, 15) is 0 Å². The smallest absolute Gasteiger partial charge is 0.161 e. The summed E-state index contributed by atoms with van der Waals surface area (Å²) >= 11 is 12.3. The first-order chi connectivity index (χ1) is 10.2. The average molecular weight is 325 g/mol. The summed E-state index contributed by atoms with van der Waals surface area (Å²) in [5.41, 5.74) is 3.57. The summed E-state index contributed by atoms with van der Waals surface area (Å²) in [4.78, 5) is 6.45. The minimum atomic E-state index is 0.387. The van der Waals surface area contributed by atoms with E-state index in [-0.39, 0.29) is 0 Å². The van der Waals surface area contributed by atoms with E-state index < -0.39 is 0 Å². The molecule has 2 heterocycles. The number of fused-ring (bicyclic) bond motifs is 1. The molecule has 0 saturated carbocycles. The highest BCUT2D eigenvalue weighted by Crippen LogP contribution is 2.33.